The number of rotatable bonds is 1. The predicted octanol–water partition coefficient (Wildman–Crippen LogP) is 2.80. The Morgan fingerprint density at radius 2 is 1.95 bits per heavy atom. The first-order chi connectivity index (χ1) is 9.62. The fourth-order valence-electron chi connectivity index (χ4n) is 4.55. The molecular formula is C16H24N2O2S. The highest BCUT2D eigenvalue weighted by Gasteiger charge is 2.51. The summed E-state index contributed by atoms with van der Waals surface area (Å²) in [7, 11) is 1.73. The number of amides is 1. The molecule has 1 saturated carbocycles. The summed E-state index contributed by atoms with van der Waals surface area (Å²) < 4.78 is 1.58. The fraction of sp³-hybridized carbons (Fsp3) is 0.750. The molecule has 116 valence electrons. The van der Waals surface area contributed by atoms with E-state index in [1.54, 1.807) is 11.6 Å². The summed E-state index contributed by atoms with van der Waals surface area (Å²) in [4.78, 5) is 27.3. The molecule has 2 aliphatic rings. The SMILES string of the molecule is Cc1c(C(=O)N2CC3(C)CC2CC(C)(C)C3)sc(=O)n1C. The molecule has 3 rings (SSSR count). The Hall–Kier alpha value is -1.10. The van der Waals surface area contributed by atoms with Crippen LogP contribution in [0.25, 0.3) is 0 Å². The maximum absolute atomic E-state index is 12.9. The summed E-state index contributed by atoms with van der Waals surface area (Å²) in [6.07, 6.45) is 3.34. The van der Waals surface area contributed by atoms with Crippen LogP contribution >= 0.6 is 11.3 Å². The molecule has 5 heteroatoms. The molecule has 0 spiro atoms. The lowest BCUT2D eigenvalue weighted by molar-refractivity contribution is 0.0712. The van der Waals surface area contributed by atoms with Gasteiger partial charge in [0.1, 0.15) is 4.88 Å². The Morgan fingerprint density at radius 1 is 1.29 bits per heavy atom. The maximum atomic E-state index is 12.9. The summed E-state index contributed by atoms with van der Waals surface area (Å²) in [6, 6.07) is 0.327. The van der Waals surface area contributed by atoms with Crippen molar-refractivity contribution in [2.24, 2.45) is 17.9 Å². The lowest BCUT2D eigenvalue weighted by atomic mass is 9.65. The molecule has 2 bridgehead atoms. The topological polar surface area (TPSA) is 42.3 Å². The van der Waals surface area contributed by atoms with Crippen molar-refractivity contribution in [2.75, 3.05) is 6.54 Å². The molecule has 1 saturated heterocycles. The van der Waals surface area contributed by atoms with Gasteiger partial charge in [0.15, 0.2) is 0 Å². The van der Waals surface area contributed by atoms with Gasteiger partial charge in [0.05, 0.1) is 0 Å². The second-order valence-corrected chi connectivity index (χ2v) is 8.95. The normalized spacial score (nSPS) is 30.7. The van der Waals surface area contributed by atoms with Crippen LogP contribution in [-0.2, 0) is 7.05 Å². The van der Waals surface area contributed by atoms with E-state index in [-0.39, 0.29) is 16.2 Å². The zero-order chi connectivity index (χ0) is 15.6. The van der Waals surface area contributed by atoms with E-state index in [2.05, 4.69) is 20.8 Å². The van der Waals surface area contributed by atoms with Gasteiger partial charge in [-0.1, -0.05) is 32.1 Å². The maximum Gasteiger partial charge on any atom is 0.307 e. The second-order valence-electron chi connectivity index (χ2n) is 7.99. The van der Waals surface area contributed by atoms with Gasteiger partial charge in [-0.05, 0) is 37.0 Å². The fourth-order valence-corrected chi connectivity index (χ4v) is 5.48. The number of hydrogen-bond donors (Lipinski definition) is 0. The van der Waals surface area contributed by atoms with E-state index in [0.717, 1.165) is 36.4 Å². The molecular weight excluding hydrogens is 284 g/mol. The second kappa shape index (κ2) is 4.45. The minimum absolute atomic E-state index is 0.0513. The van der Waals surface area contributed by atoms with Crippen molar-refractivity contribution in [1.82, 2.24) is 9.47 Å². The first kappa shape index (κ1) is 14.8. The minimum Gasteiger partial charge on any atom is -0.334 e. The molecule has 2 heterocycles. The number of carbonyl (C=O) groups excluding carboxylic acids is 1. The Balaban J connectivity index is 1.93. The number of aromatic nitrogens is 1. The number of fused-ring (bicyclic) bond motifs is 2. The van der Waals surface area contributed by atoms with Gasteiger partial charge >= 0.3 is 4.87 Å². The quantitative estimate of drug-likeness (QED) is 0.800. The summed E-state index contributed by atoms with van der Waals surface area (Å²) in [6.45, 7) is 9.59. The summed E-state index contributed by atoms with van der Waals surface area (Å²) in [5, 5.41) is 0. The first-order valence-electron chi connectivity index (χ1n) is 7.59. The van der Waals surface area contributed by atoms with Crippen LogP contribution in [0.15, 0.2) is 4.79 Å². The zero-order valence-corrected chi connectivity index (χ0v) is 14.3. The molecule has 0 radical (unpaired) electrons. The highest BCUT2D eigenvalue weighted by atomic mass is 32.1. The zero-order valence-electron chi connectivity index (χ0n) is 13.5. The van der Waals surface area contributed by atoms with Crippen molar-refractivity contribution < 1.29 is 4.79 Å². The summed E-state index contributed by atoms with van der Waals surface area (Å²) >= 11 is 1.09. The third-order valence-electron chi connectivity index (χ3n) is 5.16. The van der Waals surface area contributed by atoms with E-state index in [9.17, 15) is 9.59 Å². The third kappa shape index (κ3) is 2.35. The standard InChI is InChI=1S/C16H24N2O2S/c1-10-12(21-14(20)17(10)5)13(19)18-9-16(4)7-11(18)6-15(2,3)8-16/h11H,6-9H2,1-5H3. The van der Waals surface area contributed by atoms with Crippen LogP contribution < -0.4 is 4.87 Å². The first-order valence-corrected chi connectivity index (χ1v) is 8.41. The molecule has 4 nitrogen and oxygen atoms in total. The lowest BCUT2D eigenvalue weighted by Crippen LogP contribution is -2.37. The summed E-state index contributed by atoms with van der Waals surface area (Å²) in [5.41, 5.74) is 1.32. The number of thiazole rings is 1. The van der Waals surface area contributed by atoms with Crippen molar-refractivity contribution in [2.45, 2.75) is 53.0 Å². The van der Waals surface area contributed by atoms with Gasteiger partial charge in [-0.3, -0.25) is 9.59 Å². The number of likely N-dealkylation sites (tertiary alicyclic amines) is 1. The van der Waals surface area contributed by atoms with E-state index in [4.69, 9.17) is 0 Å². The molecule has 1 aliphatic heterocycles. The number of nitrogens with zero attached hydrogens (tertiary/aromatic N) is 2. The van der Waals surface area contributed by atoms with Gasteiger partial charge in [0.25, 0.3) is 5.91 Å². The van der Waals surface area contributed by atoms with Crippen LogP contribution in [0.4, 0.5) is 0 Å². The summed E-state index contributed by atoms with van der Waals surface area (Å²) in [5.74, 6) is 0.0571. The van der Waals surface area contributed by atoms with Gasteiger partial charge in [-0.25, -0.2) is 0 Å². The molecule has 2 unspecified atom stereocenters. The molecule has 1 amide bonds. The largest absolute Gasteiger partial charge is 0.334 e. The van der Waals surface area contributed by atoms with Crippen LogP contribution in [0, 0.1) is 17.8 Å². The highest BCUT2D eigenvalue weighted by Crippen LogP contribution is 2.52. The third-order valence-corrected chi connectivity index (χ3v) is 6.29. The van der Waals surface area contributed by atoms with E-state index in [1.807, 2.05) is 11.8 Å². The molecule has 2 fully saturated rings. The Bertz CT molecular complexity index is 658. The molecule has 0 N–H and O–H groups in total. The van der Waals surface area contributed by atoms with E-state index >= 15 is 0 Å². The Morgan fingerprint density at radius 3 is 2.52 bits per heavy atom. The molecule has 0 aromatic carbocycles. The van der Waals surface area contributed by atoms with Gasteiger partial charge in [0, 0.05) is 25.3 Å². The Kier molecular flexibility index (Phi) is 3.14. The van der Waals surface area contributed by atoms with Gasteiger partial charge in [-0.15, -0.1) is 0 Å². The van der Waals surface area contributed by atoms with E-state index < -0.39 is 0 Å². The van der Waals surface area contributed by atoms with Crippen LogP contribution in [0.5, 0.6) is 0 Å². The van der Waals surface area contributed by atoms with Crippen molar-refractivity contribution >= 4 is 17.2 Å². The molecule has 1 aromatic heterocycles. The highest BCUT2D eigenvalue weighted by molar-refractivity contribution is 7.11. The van der Waals surface area contributed by atoms with Gasteiger partial charge in [0.2, 0.25) is 0 Å². The van der Waals surface area contributed by atoms with Crippen LogP contribution in [0.1, 0.15) is 55.4 Å². The van der Waals surface area contributed by atoms with Crippen molar-refractivity contribution in [3.05, 3.63) is 20.2 Å². The number of hydrogen-bond acceptors (Lipinski definition) is 3. The van der Waals surface area contributed by atoms with Crippen LogP contribution in [0.3, 0.4) is 0 Å². The average Bonchev–Trinajstić information content (AvgIpc) is 2.75. The monoisotopic (exact) mass is 308 g/mol. The van der Waals surface area contributed by atoms with Gasteiger partial charge in [-0.2, -0.15) is 0 Å². The van der Waals surface area contributed by atoms with Crippen molar-refractivity contribution in [3.63, 3.8) is 0 Å². The molecule has 21 heavy (non-hydrogen) atoms. The van der Waals surface area contributed by atoms with E-state index in [0.29, 0.717) is 16.3 Å². The van der Waals surface area contributed by atoms with E-state index in [1.165, 1.54) is 6.42 Å². The minimum atomic E-state index is -0.0513. The molecule has 2 atom stereocenters. The number of carbonyl (C=O) groups is 1. The molecule has 1 aliphatic carbocycles. The van der Waals surface area contributed by atoms with Gasteiger partial charge < -0.3 is 9.47 Å². The molecule has 1 aromatic rings. The smallest absolute Gasteiger partial charge is 0.307 e. The van der Waals surface area contributed by atoms with Crippen LogP contribution in [0.2, 0.25) is 0 Å². The van der Waals surface area contributed by atoms with Crippen molar-refractivity contribution in [1.29, 1.82) is 0 Å². The van der Waals surface area contributed by atoms with Crippen molar-refractivity contribution in [3.8, 4) is 0 Å². The van der Waals surface area contributed by atoms with Crippen LogP contribution in [-0.4, -0.2) is 28.0 Å². The predicted molar refractivity (Wildman–Crippen MR) is 84.9 cm³/mol. The Labute approximate surface area is 129 Å². The lowest BCUT2D eigenvalue weighted by Gasteiger charge is -2.39. The average molecular weight is 308 g/mol.